The number of carbonyl (C=O) groups is 1. The first-order chi connectivity index (χ1) is 9.70. The SMILES string of the molecule is CNc1ccncc1C(=O)NCCC1CCCC(C)C1. The first-order valence-electron chi connectivity index (χ1n) is 7.60. The zero-order valence-corrected chi connectivity index (χ0v) is 12.5. The van der Waals surface area contributed by atoms with E-state index in [2.05, 4.69) is 22.5 Å². The van der Waals surface area contributed by atoms with E-state index in [-0.39, 0.29) is 5.91 Å². The largest absolute Gasteiger partial charge is 0.387 e. The van der Waals surface area contributed by atoms with Gasteiger partial charge in [-0.05, 0) is 30.7 Å². The molecular weight excluding hydrogens is 250 g/mol. The van der Waals surface area contributed by atoms with Crippen molar-refractivity contribution in [3.05, 3.63) is 24.0 Å². The highest BCUT2D eigenvalue weighted by Gasteiger charge is 2.19. The van der Waals surface area contributed by atoms with Gasteiger partial charge in [-0.3, -0.25) is 9.78 Å². The molecule has 0 saturated heterocycles. The van der Waals surface area contributed by atoms with Gasteiger partial charge in [0.05, 0.1) is 5.56 Å². The molecule has 0 aliphatic heterocycles. The van der Waals surface area contributed by atoms with Crippen molar-refractivity contribution in [2.24, 2.45) is 11.8 Å². The Hall–Kier alpha value is -1.58. The van der Waals surface area contributed by atoms with E-state index >= 15 is 0 Å². The topological polar surface area (TPSA) is 54.0 Å². The zero-order valence-electron chi connectivity index (χ0n) is 12.5. The number of carbonyl (C=O) groups excluding carboxylic acids is 1. The first-order valence-corrected chi connectivity index (χ1v) is 7.60. The van der Waals surface area contributed by atoms with Crippen molar-refractivity contribution < 1.29 is 4.79 Å². The summed E-state index contributed by atoms with van der Waals surface area (Å²) in [6.07, 6.45) is 9.72. The Bertz CT molecular complexity index is 447. The molecule has 0 radical (unpaired) electrons. The summed E-state index contributed by atoms with van der Waals surface area (Å²) in [7, 11) is 1.82. The van der Waals surface area contributed by atoms with E-state index in [1.807, 2.05) is 13.1 Å². The minimum atomic E-state index is -0.0358. The second-order valence-electron chi connectivity index (χ2n) is 5.85. The van der Waals surface area contributed by atoms with Crippen LogP contribution in [0.4, 0.5) is 5.69 Å². The lowest BCUT2D eigenvalue weighted by Crippen LogP contribution is -2.27. The molecule has 4 heteroatoms. The quantitative estimate of drug-likeness (QED) is 0.868. The maximum absolute atomic E-state index is 12.1. The van der Waals surface area contributed by atoms with Crippen molar-refractivity contribution in [3.8, 4) is 0 Å². The maximum atomic E-state index is 12.1. The number of aromatic nitrogens is 1. The molecule has 0 bridgehead atoms. The molecule has 1 aliphatic rings. The van der Waals surface area contributed by atoms with Gasteiger partial charge in [0.25, 0.3) is 5.91 Å². The lowest BCUT2D eigenvalue weighted by molar-refractivity contribution is 0.0950. The van der Waals surface area contributed by atoms with Gasteiger partial charge in [0.2, 0.25) is 0 Å². The van der Waals surface area contributed by atoms with E-state index in [1.54, 1.807) is 12.4 Å². The second kappa shape index (κ2) is 7.27. The van der Waals surface area contributed by atoms with Gasteiger partial charge >= 0.3 is 0 Å². The highest BCUT2D eigenvalue weighted by Crippen LogP contribution is 2.30. The van der Waals surface area contributed by atoms with Gasteiger partial charge < -0.3 is 10.6 Å². The van der Waals surface area contributed by atoms with E-state index in [4.69, 9.17) is 0 Å². The molecule has 0 spiro atoms. The molecule has 1 aromatic rings. The van der Waals surface area contributed by atoms with Crippen molar-refractivity contribution in [1.82, 2.24) is 10.3 Å². The fourth-order valence-corrected chi connectivity index (χ4v) is 3.10. The molecule has 0 aromatic carbocycles. The zero-order chi connectivity index (χ0) is 14.4. The van der Waals surface area contributed by atoms with Crippen LogP contribution in [-0.2, 0) is 0 Å². The molecule has 20 heavy (non-hydrogen) atoms. The molecule has 2 atom stereocenters. The van der Waals surface area contributed by atoms with Gasteiger partial charge in [-0.15, -0.1) is 0 Å². The van der Waals surface area contributed by atoms with E-state index < -0.39 is 0 Å². The summed E-state index contributed by atoms with van der Waals surface area (Å²) in [6, 6.07) is 1.82. The molecule has 2 rings (SSSR count). The molecule has 1 aromatic heterocycles. The number of rotatable bonds is 5. The van der Waals surface area contributed by atoms with Gasteiger partial charge in [0, 0.05) is 31.7 Å². The van der Waals surface area contributed by atoms with Crippen LogP contribution < -0.4 is 10.6 Å². The standard InChI is InChI=1S/C16H25N3O/c1-12-4-3-5-13(10-12)6-9-19-16(20)14-11-18-8-7-15(14)17-2/h7-8,11-13H,3-6,9-10H2,1-2H3,(H,17,18)(H,19,20). The van der Waals surface area contributed by atoms with Crippen molar-refractivity contribution in [2.45, 2.75) is 39.0 Å². The van der Waals surface area contributed by atoms with Gasteiger partial charge in [0.15, 0.2) is 0 Å². The van der Waals surface area contributed by atoms with Crippen LogP contribution >= 0.6 is 0 Å². The molecule has 1 amide bonds. The Balaban J connectivity index is 1.80. The number of hydrogen-bond acceptors (Lipinski definition) is 3. The molecule has 110 valence electrons. The van der Waals surface area contributed by atoms with E-state index in [9.17, 15) is 4.79 Å². The van der Waals surface area contributed by atoms with Gasteiger partial charge in [-0.2, -0.15) is 0 Å². The minimum Gasteiger partial charge on any atom is -0.387 e. The predicted octanol–water partition coefficient (Wildman–Crippen LogP) is 3.07. The lowest BCUT2D eigenvalue weighted by Gasteiger charge is -2.26. The number of hydrogen-bond donors (Lipinski definition) is 2. The Morgan fingerprint density at radius 2 is 2.30 bits per heavy atom. The molecule has 1 saturated carbocycles. The summed E-state index contributed by atoms with van der Waals surface area (Å²) < 4.78 is 0. The van der Waals surface area contributed by atoms with Crippen LogP contribution in [0.15, 0.2) is 18.5 Å². The van der Waals surface area contributed by atoms with Gasteiger partial charge in [-0.25, -0.2) is 0 Å². The van der Waals surface area contributed by atoms with E-state index in [0.29, 0.717) is 5.56 Å². The molecule has 1 fully saturated rings. The summed E-state index contributed by atoms with van der Waals surface area (Å²) in [5, 5.41) is 6.04. The fourth-order valence-electron chi connectivity index (χ4n) is 3.10. The van der Waals surface area contributed by atoms with E-state index in [1.165, 1.54) is 25.7 Å². The van der Waals surface area contributed by atoms with Crippen LogP contribution in [0.1, 0.15) is 49.4 Å². The third kappa shape index (κ3) is 3.95. The average molecular weight is 275 g/mol. The van der Waals surface area contributed by atoms with Crippen molar-refractivity contribution >= 4 is 11.6 Å². The Morgan fingerprint density at radius 3 is 3.05 bits per heavy atom. The summed E-state index contributed by atoms with van der Waals surface area (Å²) in [5.41, 5.74) is 1.44. The Morgan fingerprint density at radius 1 is 1.45 bits per heavy atom. The first kappa shape index (κ1) is 14.8. The summed E-state index contributed by atoms with van der Waals surface area (Å²) in [4.78, 5) is 16.2. The number of nitrogens with one attached hydrogen (secondary N) is 2. The molecule has 2 N–H and O–H groups in total. The number of nitrogens with zero attached hydrogens (tertiary/aromatic N) is 1. The number of anilines is 1. The third-order valence-corrected chi connectivity index (χ3v) is 4.22. The molecular formula is C16H25N3O. The maximum Gasteiger partial charge on any atom is 0.254 e. The van der Waals surface area contributed by atoms with Crippen molar-refractivity contribution in [1.29, 1.82) is 0 Å². The van der Waals surface area contributed by atoms with Crippen LogP contribution in [0.25, 0.3) is 0 Å². The number of pyridine rings is 1. The average Bonchev–Trinajstić information content (AvgIpc) is 2.47. The lowest BCUT2D eigenvalue weighted by atomic mass is 9.81. The minimum absolute atomic E-state index is 0.0358. The highest BCUT2D eigenvalue weighted by atomic mass is 16.1. The fraction of sp³-hybridized carbons (Fsp3) is 0.625. The van der Waals surface area contributed by atoms with Crippen LogP contribution in [0.5, 0.6) is 0 Å². The Labute approximate surface area is 121 Å². The molecule has 4 nitrogen and oxygen atoms in total. The Kier molecular flexibility index (Phi) is 5.39. The van der Waals surface area contributed by atoms with Gasteiger partial charge in [-0.1, -0.05) is 26.2 Å². The van der Waals surface area contributed by atoms with Crippen LogP contribution in [-0.4, -0.2) is 24.5 Å². The smallest absolute Gasteiger partial charge is 0.254 e. The van der Waals surface area contributed by atoms with Crippen molar-refractivity contribution in [3.63, 3.8) is 0 Å². The van der Waals surface area contributed by atoms with E-state index in [0.717, 1.165) is 30.5 Å². The molecule has 2 unspecified atom stereocenters. The van der Waals surface area contributed by atoms with Crippen molar-refractivity contribution in [2.75, 3.05) is 18.9 Å². The summed E-state index contributed by atoms with van der Waals surface area (Å²) in [6.45, 7) is 3.09. The van der Waals surface area contributed by atoms with Crippen LogP contribution in [0.2, 0.25) is 0 Å². The summed E-state index contributed by atoms with van der Waals surface area (Å²) >= 11 is 0. The van der Waals surface area contributed by atoms with Crippen LogP contribution in [0.3, 0.4) is 0 Å². The van der Waals surface area contributed by atoms with Crippen LogP contribution in [0, 0.1) is 11.8 Å². The molecule has 1 heterocycles. The third-order valence-electron chi connectivity index (χ3n) is 4.22. The summed E-state index contributed by atoms with van der Waals surface area (Å²) in [5.74, 6) is 1.58. The highest BCUT2D eigenvalue weighted by molar-refractivity contribution is 5.99. The second-order valence-corrected chi connectivity index (χ2v) is 5.85. The normalized spacial score (nSPS) is 22.3. The monoisotopic (exact) mass is 275 g/mol. The molecule has 1 aliphatic carbocycles. The predicted molar refractivity (Wildman–Crippen MR) is 81.9 cm³/mol. The van der Waals surface area contributed by atoms with Gasteiger partial charge in [0.1, 0.15) is 0 Å². The number of amides is 1.